The van der Waals surface area contributed by atoms with Crippen LogP contribution in [0.4, 0.5) is 0 Å². The van der Waals surface area contributed by atoms with E-state index in [1.54, 1.807) is 0 Å². The van der Waals surface area contributed by atoms with Crippen LogP contribution in [0.1, 0.15) is 62.1 Å². The molecule has 0 bridgehead atoms. The summed E-state index contributed by atoms with van der Waals surface area (Å²) in [6.07, 6.45) is 5.15. The van der Waals surface area contributed by atoms with Gasteiger partial charge in [0.25, 0.3) is 0 Å². The van der Waals surface area contributed by atoms with Crippen molar-refractivity contribution in [3.8, 4) is 0 Å². The van der Waals surface area contributed by atoms with Crippen molar-refractivity contribution in [3.05, 3.63) is 71.3 Å². The molecule has 2 atom stereocenters. The Morgan fingerprint density at radius 1 is 0.966 bits per heavy atom. The van der Waals surface area contributed by atoms with Crippen molar-refractivity contribution in [2.45, 2.75) is 57.5 Å². The maximum Gasteiger partial charge on any atom is 0.0977 e. The standard InChI is InChI=1S/C26H37NO2/c1-3-5-9-16-26(28,24-14-12-22(4-2)13-15-24)25(23-10-7-6-8-11-23)21-27-17-19-29-20-18-27/h6-8,10-15,25,28H,3-5,9,16-21H2,1-2H3/t25-,26+/m0/s1. The number of rotatable bonds is 10. The lowest BCUT2D eigenvalue weighted by Gasteiger charge is -2.41. The van der Waals surface area contributed by atoms with Crippen molar-refractivity contribution in [1.29, 1.82) is 0 Å². The second-order valence-electron chi connectivity index (χ2n) is 8.31. The van der Waals surface area contributed by atoms with Crippen LogP contribution in [0.2, 0.25) is 0 Å². The molecule has 1 N–H and O–H groups in total. The van der Waals surface area contributed by atoms with E-state index in [-0.39, 0.29) is 5.92 Å². The van der Waals surface area contributed by atoms with E-state index < -0.39 is 5.60 Å². The van der Waals surface area contributed by atoms with Gasteiger partial charge in [0.1, 0.15) is 0 Å². The van der Waals surface area contributed by atoms with Gasteiger partial charge in [-0.1, -0.05) is 87.7 Å². The Kier molecular flexibility index (Phi) is 8.29. The monoisotopic (exact) mass is 395 g/mol. The van der Waals surface area contributed by atoms with E-state index in [1.165, 1.54) is 11.1 Å². The molecule has 0 aliphatic carbocycles. The summed E-state index contributed by atoms with van der Waals surface area (Å²) in [6, 6.07) is 19.3. The molecule has 0 spiro atoms. The summed E-state index contributed by atoms with van der Waals surface area (Å²) in [6.45, 7) is 8.67. The number of morpholine rings is 1. The molecule has 2 aromatic rings. The van der Waals surface area contributed by atoms with E-state index in [1.807, 2.05) is 0 Å². The van der Waals surface area contributed by atoms with Crippen LogP contribution in [0.25, 0.3) is 0 Å². The molecule has 3 heteroatoms. The molecule has 3 nitrogen and oxygen atoms in total. The number of hydrogen-bond acceptors (Lipinski definition) is 3. The summed E-state index contributed by atoms with van der Waals surface area (Å²) < 4.78 is 5.56. The van der Waals surface area contributed by atoms with Crippen molar-refractivity contribution in [3.63, 3.8) is 0 Å². The molecule has 1 heterocycles. The molecule has 0 amide bonds. The highest BCUT2D eigenvalue weighted by atomic mass is 16.5. The number of benzene rings is 2. The molecular weight excluding hydrogens is 358 g/mol. The molecule has 0 saturated carbocycles. The van der Waals surface area contributed by atoms with Gasteiger partial charge in [-0.3, -0.25) is 4.90 Å². The molecule has 0 radical (unpaired) electrons. The first-order valence-corrected chi connectivity index (χ1v) is 11.3. The number of hydrogen-bond donors (Lipinski definition) is 1. The second-order valence-corrected chi connectivity index (χ2v) is 8.31. The minimum atomic E-state index is -0.874. The summed E-state index contributed by atoms with van der Waals surface area (Å²) in [5.74, 6) is 0.0335. The van der Waals surface area contributed by atoms with Gasteiger partial charge in [0, 0.05) is 25.6 Å². The molecular formula is C26H37NO2. The molecule has 0 aromatic heterocycles. The topological polar surface area (TPSA) is 32.7 Å². The van der Waals surface area contributed by atoms with Gasteiger partial charge in [-0.25, -0.2) is 0 Å². The molecule has 2 aromatic carbocycles. The van der Waals surface area contributed by atoms with Gasteiger partial charge in [0.2, 0.25) is 0 Å². The summed E-state index contributed by atoms with van der Waals surface area (Å²) in [5, 5.41) is 12.3. The van der Waals surface area contributed by atoms with Crippen LogP contribution in [-0.2, 0) is 16.8 Å². The van der Waals surface area contributed by atoms with Crippen LogP contribution in [0, 0.1) is 0 Å². The van der Waals surface area contributed by atoms with Gasteiger partial charge in [-0.15, -0.1) is 0 Å². The first-order valence-electron chi connectivity index (χ1n) is 11.3. The van der Waals surface area contributed by atoms with Crippen molar-refractivity contribution in [2.24, 2.45) is 0 Å². The second kappa shape index (κ2) is 10.9. The van der Waals surface area contributed by atoms with Crippen molar-refractivity contribution in [2.75, 3.05) is 32.8 Å². The zero-order chi connectivity index (χ0) is 20.5. The minimum absolute atomic E-state index is 0.0335. The van der Waals surface area contributed by atoms with Gasteiger partial charge in [-0.2, -0.15) is 0 Å². The lowest BCUT2D eigenvalue weighted by atomic mass is 9.73. The molecule has 1 saturated heterocycles. The highest BCUT2D eigenvalue weighted by Gasteiger charge is 2.40. The third-order valence-corrected chi connectivity index (χ3v) is 6.35. The fraction of sp³-hybridized carbons (Fsp3) is 0.538. The van der Waals surface area contributed by atoms with Crippen LogP contribution < -0.4 is 0 Å². The maximum atomic E-state index is 12.3. The zero-order valence-electron chi connectivity index (χ0n) is 18.1. The van der Waals surface area contributed by atoms with E-state index in [4.69, 9.17) is 4.74 Å². The number of aryl methyl sites for hydroxylation is 1. The average molecular weight is 396 g/mol. The van der Waals surface area contributed by atoms with Gasteiger partial charge in [0.05, 0.1) is 18.8 Å². The number of nitrogens with zero attached hydrogens (tertiary/aromatic N) is 1. The Morgan fingerprint density at radius 3 is 2.28 bits per heavy atom. The maximum absolute atomic E-state index is 12.3. The van der Waals surface area contributed by atoms with Crippen molar-refractivity contribution in [1.82, 2.24) is 4.90 Å². The van der Waals surface area contributed by atoms with Gasteiger partial charge >= 0.3 is 0 Å². The third kappa shape index (κ3) is 5.69. The van der Waals surface area contributed by atoms with E-state index in [0.717, 1.165) is 70.5 Å². The lowest BCUT2D eigenvalue weighted by molar-refractivity contribution is -0.0295. The molecule has 3 rings (SSSR count). The summed E-state index contributed by atoms with van der Waals surface area (Å²) in [4.78, 5) is 2.45. The third-order valence-electron chi connectivity index (χ3n) is 6.35. The average Bonchev–Trinajstić information content (AvgIpc) is 2.79. The SMILES string of the molecule is CCCCC[C@@](O)(c1ccc(CC)cc1)[C@@H](CN1CCOCC1)c1ccccc1. The lowest BCUT2D eigenvalue weighted by Crippen LogP contribution is -2.45. The fourth-order valence-corrected chi connectivity index (χ4v) is 4.45. The highest BCUT2D eigenvalue weighted by Crippen LogP contribution is 2.42. The Bertz CT molecular complexity index is 709. The first kappa shape index (κ1) is 22.0. The Labute approximate surface area is 176 Å². The summed E-state index contributed by atoms with van der Waals surface area (Å²) in [5.41, 5.74) is 2.71. The van der Waals surface area contributed by atoms with Crippen LogP contribution in [0.3, 0.4) is 0 Å². The van der Waals surface area contributed by atoms with Gasteiger partial charge < -0.3 is 9.84 Å². The number of aliphatic hydroxyl groups is 1. The minimum Gasteiger partial charge on any atom is -0.384 e. The van der Waals surface area contributed by atoms with Crippen molar-refractivity contribution >= 4 is 0 Å². The van der Waals surface area contributed by atoms with E-state index in [2.05, 4.69) is 73.3 Å². The smallest absolute Gasteiger partial charge is 0.0977 e. The highest BCUT2D eigenvalue weighted by molar-refractivity contribution is 5.33. The first-order chi connectivity index (χ1) is 14.2. The van der Waals surface area contributed by atoms with Crippen LogP contribution in [0.15, 0.2) is 54.6 Å². The van der Waals surface area contributed by atoms with E-state index in [9.17, 15) is 5.11 Å². The van der Waals surface area contributed by atoms with E-state index >= 15 is 0 Å². The van der Waals surface area contributed by atoms with Crippen LogP contribution in [-0.4, -0.2) is 42.9 Å². The van der Waals surface area contributed by atoms with Crippen LogP contribution in [0.5, 0.6) is 0 Å². The molecule has 0 unspecified atom stereocenters. The normalized spacial score (nSPS) is 18.3. The molecule has 29 heavy (non-hydrogen) atoms. The summed E-state index contributed by atoms with van der Waals surface area (Å²) in [7, 11) is 0. The molecule has 1 aliphatic rings. The fourth-order valence-electron chi connectivity index (χ4n) is 4.45. The number of unbranched alkanes of at least 4 members (excludes halogenated alkanes) is 2. The van der Waals surface area contributed by atoms with Crippen LogP contribution >= 0.6 is 0 Å². The van der Waals surface area contributed by atoms with E-state index in [0.29, 0.717) is 0 Å². The molecule has 1 aliphatic heterocycles. The predicted octanol–water partition coefficient (Wildman–Crippen LogP) is 5.13. The van der Waals surface area contributed by atoms with Gasteiger partial charge in [-0.05, 0) is 29.5 Å². The summed E-state index contributed by atoms with van der Waals surface area (Å²) >= 11 is 0. The van der Waals surface area contributed by atoms with Gasteiger partial charge in [0.15, 0.2) is 0 Å². The van der Waals surface area contributed by atoms with Crippen molar-refractivity contribution < 1.29 is 9.84 Å². The quantitative estimate of drug-likeness (QED) is 0.566. The number of ether oxygens (including phenoxy) is 1. The Morgan fingerprint density at radius 2 is 1.66 bits per heavy atom. The Balaban J connectivity index is 1.97. The predicted molar refractivity (Wildman–Crippen MR) is 120 cm³/mol. The zero-order valence-corrected chi connectivity index (χ0v) is 18.1. The Hall–Kier alpha value is -1.68. The molecule has 158 valence electrons. The molecule has 1 fully saturated rings. The largest absolute Gasteiger partial charge is 0.384 e.